The summed E-state index contributed by atoms with van der Waals surface area (Å²) < 4.78 is 0. The van der Waals surface area contributed by atoms with Gasteiger partial charge in [0.15, 0.2) is 5.78 Å². The summed E-state index contributed by atoms with van der Waals surface area (Å²) in [6, 6.07) is 0. The topological polar surface area (TPSA) is 17.1 Å². The number of hydrogen-bond acceptors (Lipinski definition) is 1. The number of halogens is 2. The van der Waals surface area contributed by atoms with Gasteiger partial charge in [-0.15, -0.1) is 11.6 Å². The molecule has 0 saturated heterocycles. The van der Waals surface area contributed by atoms with Crippen LogP contribution in [0, 0.1) is 5.41 Å². The van der Waals surface area contributed by atoms with E-state index in [4.69, 9.17) is 23.2 Å². The van der Waals surface area contributed by atoms with Crippen molar-refractivity contribution >= 4 is 29.0 Å². The van der Waals surface area contributed by atoms with E-state index >= 15 is 0 Å². The van der Waals surface area contributed by atoms with Crippen molar-refractivity contribution in [3.63, 3.8) is 0 Å². The molecule has 0 radical (unpaired) electrons. The van der Waals surface area contributed by atoms with E-state index in [9.17, 15) is 4.79 Å². The van der Waals surface area contributed by atoms with E-state index in [1.54, 1.807) is 6.08 Å². The number of carbonyl (C=O) groups excluding carboxylic acids is 1. The van der Waals surface area contributed by atoms with Crippen LogP contribution in [0.5, 0.6) is 0 Å². The normalized spacial score (nSPS) is 30.0. The van der Waals surface area contributed by atoms with Crippen LogP contribution in [0.2, 0.25) is 0 Å². The molecule has 0 aromatic heterocycles. The molecule has 0 heterocycles. The molecule has 1 nitrogen and oxygen atoms in total. The first-order chi connectivity index (χ1) is 4.93. The van der Waals surface area contributed by atoms with Crippen molar-refractivity contribution < 1.29 is 4.79 Å². The van der Waals surface area contributed by atoms with Gasteiger partial charge in [0.25, 0.3) is 0 Å². The van der Waals surface area contributed by atoms with Gasteiger partial charge in [0.1, 0.15) is 0 Å². The van der Waals surface area contributed by atoms with Crippen molar-refractivity contribution in [3.05, 3.63) is 11.1 Å². The molecule has 0 N–H and O–H groups in total. The lowest BCUT2D eigenvalue weighted by atomic mass is 9.80. The first-order valence-electron chi connectivity index (χ1n) is 3.48. The van der Waals surface area contributed by atoms with Crippen molar-refractivity contribution in [3.8, 4) is 0 Å². The lowest BCUT2D eigenvalue weighted by Crippen LogP contribution is -2.30. The van der Waals surface area contributed by atoms with Crippen molar-refractivity contribution in [2.75, 3.05) is 0 Å². The minimum atomic E-state index is -0.156. The zero-order chi connectivity index (χ0) is 8.65. The second kappa shape index (κ2) is 2.80. The molecular weight excluding hydrogens is 183 g/mol. The van der Waals surface area contributed by atoms with Crippen LogP contribution >= 0.6 is 23.2 Å². The molecule has 1 rings (SSSR count). The number of alkyl halides is 1. The summed E-state index contributed by atoms with van der Waals surface area (Å²) in [5.74, 6) is -0.00596. The molecule has 0 saturated carbocycles. The fourth-order valence-electron chi connectivity index (χ4n) is 1.04. The van der Waals surface area contributed by atoms with E-state index in [-0.39, 0.29) is 21.6 Å². The lowest BCUT2D eigenvalue weighted by molar-refractivity contribution is -0.117. The quantitative estimate of drug-likeness (QED) is 0.540. The Labute approximate surface area is 76.4 Å². The molecule has 0 fully saturated rings. The maximum Gasteiger partial charge on any atom is 0.174 e. The number of hydrogen-bond donors (Lipinski definition) is 0. The molecule has 11 heavy (non-hydrogen) atoms. The molecule has 1 aliphatic rings. The van der Waals surface area contributed by atoms with Crippen LogP contribution < -0.4 is 0 Å². The highest BCUT2D eigenvalue weighted by atomic mass is 35.5. The minimum absolute atomic E-state index is 0.00596. The van der Waals surface area contributed by atoms with Gasteiger partial charge in [0.05, 0.1) is 10.4 Å². The van der Waals surface area contributed by atoms with Gasteiger partial charge < -0.3 is 0 Å². The van der Waals surface area contributed by atoms with Crippen LogP contribution in [0.25, 0.3) is 0 Å². The highest BCUT2D eigenvalue weighted by molar-refractivity contribution is 6.43. The molecule has 0 amide bonds. The van der Waals surface area contributed by atoms with Crippen LogP contribution in [0.1, 0.15) is 20.3 Å². The van der Waals surface area contributed by atoms with E-state index < -0.39 is 0 Å². The van der Waals surface area contributed by atoms with Crippen LogP contribution in [0.15, 0.2) is 11.1 Å². The third-order valence-corrected chi connectivity index (χ3v) is 2.98. The highest BCUT2D eigenvalue weighted by Crippen LogP contribution is 2.36. The molecule has 1 aliphatic carbocycles. The van der Waals surface area contributed by atoms with Gasteiger partial charge >= 0.3 is 0 Å². The standard InChI is InChI=1S/C8H10Cl2O/c1-8(2)4-6(11)5(9)3-7(8)10/h3,7H,4H2,1-2H3. The Morgan fingerprint density at radius 3 is 2.64 bits per heavy atom. The van der Waals surface area contributed by atoms with Gasteiger partial charge in [0, 0.05) is 6.42 Å². The average molecular weight is 193 g/mol. The smallest absolute Gasteiger partial charge is 0.174 e. The van der Waals surface area contributed by atoms with Gasteiger partial charge in [0.2, 0.25) is 0 Å². The van der Waals surface area contributed by atoms with Crippen LogP contribution in [0.4, 0.5) is 0 Å². The van der Waals surface area contributed by atoms with Crippen molar-refractivity contribution in [2.45, 2.75) is 25.6 Å². The summed E-state index contributed by atoms with van der Waals surface area (Å²) in [5, 5.41) is 0.150. The lowest BCUT2D eigenvalue weighted by Gasteiger charge is -2.30. The Morgan fingerprint density at radius 1 is 1.64 bits per heavy atom. The zero-order valence-electron chi connectivity index (χ0n) is 6.53. The van der Waals surface area contributed by atoms with Gasteiger partial charge in [-0.2, -0.15) is 0 Å². The third kappa shape index (κ3) is 1.77. The summed E-state index contributed by atoms with van der Waals surface area (Å²) in [5.41, 5.74) is -0.156. The maximum absolute atomic E-state index is 11.1. The van der Waals surface area contributed by atoms with Gasteiger partial charge in [-0.1, -0.05) is 25.4 Å². The monoisotopic (exact) mass is 192 g/mol. The first kappa shape index (κ1) is 9.08. The Bertz CT molecular complexity index is 218. The molecule has 0 aliphatic heterocycles. The molecule has 0 aromatic carbocycles. The Kier molecular flexibility index (Phi) is 2.31. The number of allylic oxidation sites excluding steroid dienone is 2. The molecule has 0 bridgehead atoms. The maximum atomic E-state index is 11.1. The van der Waals surface area contributed by atoms with Crippen LogP contribution in [-0.2, 0) is 4.79 Å². The molecule has 0 aromatic rings. The molecule has 0 spiro atoms. The third-order valence-electron chi connectivity index (χ3n) is 1.92. The fourth-order valence-corrected chi connectivity index (χ4v) is 1.50. The largest absolute Gasteiger partial charge is 0.293 e. The molecule has 1 unspecified atom stereocenters. The van der Waals surface area contributed by atoms with E-state index in [0.29, 0.717) is 6.42 Å². The molecular formula is C8H10Cl2O. The van der Waals surface area contributed by atoms with E-state index in [0.717, 1.165) is 0 Å². The molecule has 62 valence electrons. The van der Waals surface area contributed by atoms with Crippen LogP contribution in [-0.4, -0.2) is 11.2 Å². The van der Waals surface area contributed by atoms with Gasteiger partial charge in [-0.3, -0.25) is 4.79 Å². The van der Waals surface area contributed by atoms with Gasteiger partial charge in [-0.25, -0.2) is 0 Å². The Morgan fingerprint density at radius 2 is 2.18 bits per heavy atom. The summed E-state index contributed by atoms with van der Waals surface area (Å²) in [6.45, 7) is 3.92. The van der Waals surface area contributed by atoms with Gasteiger partial charge in [-0.05, 0) is 11.5 Å². The van der Waals surface area contributed by atoms with Crippen molar-refractivity contribution in [1.29, 1.82) is 0 Å². The average Bonchev–Trinajstić information content (AvgIpc) is 1.83. The number of rotatable bonds is 0. The van der Waals surface area contributed by atoms with Crippen molar-refractivity contribution in [1.82, 2.24) is 0 Å². The zero-order valence-corrected chi connectivity index (χ0v) is 8.04. The summed E-state index contributed by atoms with van der Waals surface area (Å²) >= 11 is 11.6. The minimum Gasteiger partial charge on any atom is -0.293 e. The second-order valence-electron chi connectivity index (χ2n) is 3.50. The molecule has 3 heteroatoms. The van der Waals surface area contributed by atoms with E-state index in [2.05, 4.69) is 0 Å². The SMILES string of the molecule is CC1(C)CC(=O)C(Cl)=CC1Cl. The summed E-state index contributed by atoms with van der Waals surface area (Å²) in [4.78, 5) is 11.1. The second-order valence-corrected chi connectivity index (χ2v) is 4.38. The highest BCUT2D eigenvalue weighted by Gasteiger charge is 2.34. The summed E-state index contributed by atoms with van der Waals surface area (Å²) in [6.07, 6.45) is 2.06. The predicted octanol–water partition coefficient (Wildman–Crippen LogP) is 2.72. The van der Waals surface area contributed by atoms with Crippen molar-refractivity contribution in [2.24, 2.45) is 5.41 Å². The predicted molar refractivity (Wildman–Crippen MR) is 47.0 cm³/mol. The number of carbonyl (C=O) groups is 1. The Hall–Kier alpha value is -0.0100. The first-order valence-corrected chi connectivity index (χ1v) is 4.29. The Balaban J connectivity index is 2.93. The van der Waals surface area contributed by atoms with E-state index in [1.165, 1.54) is 0 Å². The number of ketones is 1. The van der Waals surface area contributed by atoms with Crippen LogP contribution in [0.3, 0.4) is 0 Å². The fraction of sp³-hybridized carbons (Fsp3) is 0.625. The molecule has 1 atom stereocenters. The summed E-state index contributed by atoms with van der Waals surface area (Å²) in [7, 11) is 0. The number of Topliss-reactive ketones (excluding diaryl/α,β-unsaturated/α-hetero) is 1. The van der Waals surface area contributed by atoms with E-state index in [1.807, 2.05) is 13.8 Å².